The van der Waals surface area contributed by atoms with Gasteiger partial charge in [-0.15, -0.1) is 6.42 Å². The van der Waals surface area contributed by atoms with Crippen LogP contribution >= 0.6 is 0 Å². The van der Waals surface area contributed by atoms with Gasteiger partial charge >= 0.3 is 6.01 Å². The topological polar surface area (TPSA) is 79.7 Å². The highest BCUT2D eigenvalue weighted by molar-refractivity contribution is 6.05. The first kappa shape index (κ1) is 27.6. The lowest BCUT2D eigenvalue weighted by Gasteiger charge is -2.25. The molecule has 2 N–H and O–H groups in total. The number of rotatable bonds is 4. The lowest BCUT2D eigenvalue weighted by molar-refractivity contribution is 0.166. The Kier molecular flexibility index (Phi) is 7.14. The predicted molar refractivity (Wildman–Crippen MR) is 158 cm³/mol. The summed E-state index contributed by atoms with van der Waals surface area (Å²) in [7, 11) is 0. The lowest BCUT2D eigenvalue weighted by atomic mass is 9.92. The molecule has 7 rings (SSSR count). The number of hydrogen-bond donors (Lipinski definition) is 2. The second-order valence-electron chi connectivity index (χ2n) is 11.6. The Balaban J connectivity index is 1.40. The molecule has 0 spiro atoms. The number of fused-ring (bicyclic) bond motifs is 3. The van der Waals surface area contributed by atoms with E-state index in [1.54, 1.807) is 6.07 Å². The second-order valence-corrected chi connectivity index (χ2v) is 11.6. The molecule has 2 saturated heterocycles. The fourth-order valence-corrected chi connectivity index (χ4v) is 6.72. The number of terminal acetylenes is 1. The van der Waals surface area contributed by atoms with Gasteiger partial charge in [0.1, 0.15) is 41.4 Å². The van der Waals surface area contributed by atoms with E-state index in [1.807, 2.05) is 0 Å². The van der Waals surface area contributed by atoms with Gasteiger partial charge in [0.25, 0.3) is 0 Å². The van der Waals surface area contributed by atoms with Crippen molar-refractivity contribution in [3.8, 4) is 41.0 Å². The summed E-state index contributed by atoms with van der Waals surface area (Å²) in [6, 6.07) is 7.14. The van der Waals surface area contributed by atoms with Gasteiger partial charge in [-0.3, -0.25) is 0 Å². The first-order valence-electron chi connectivity index (χ1n) is 14.7. The van der Waals surface area contributed by atoms with Crippen molar-refractivity contribution < 1.29 is 27.8 Å². The highest BCUT2D eigenvalue weighted by atomic mass is 19.1. The van der Waals surface area contributed by atoms with Crippen molar-refractivity contribution in [3.05, 3.63) is 47.5 Å². The molecule has 0 saturated carbocycles. The summed E-state index contributed by atoms with van der Waals surface area (Å²) in [5.74, 6) is 1.81. The SMILES string of the molecule is C#Cc1c(F)ccc2cc(O)cc(-c3cc4c5c(nc(OC[C@@H]6CCCNC[C@H](F)C6)nc5c3F)N3CCC[C@@H]3CO4)c12. The van der Waals surface area contributed by atoms with Gasteiger partial charge in [0, 0.05) is 24.0 Å². The zero-order chi connectivity index (χ0) is 29.7. The predicted octanol–water partition coefficient (Wildman–Crippen LogP) is 5.88. The van der Waals surface area contributed by atoms with E-state index in [-0.39, 0.29) is 52.5 Å². The maximum Gasteiger partial charge on any atom is 0.319 e. The molecule has 222 valence electrons. The smallest absolute Gasteiger partial charge is 0.319 e. The fourth-order valence-electron chi connectivity index (χ4n) is 6.72. The van der Waals surface area contributed by atoms with Crippen LogP contribution in [0.4, 0.5) is 19.0 Å². The Hall–Kier alpha value is -4.23. The quantitative estimate of drug-likeness (QED) is 0.288. The minimum atomic E-state index is -0.976. The lowest BCUT2D eigenvalue weighted by Crippen LogP contribution is -2.33. The van der Waals surface area contributed by atoms with E-state index in [0.717, 1.165) is 38.8 Å². The van der Waals surface area contributed by atoms with Crippen LogP contribution in [0.5, 0.6) is 17.5 Å². The van der Waals surface area contributed by atoms with Gasteiger partial charge in [-0.05, 0) is 79.8 Å². The maximum absolute atomic E-state index is 16.8. The van der Waals surface area contributed by atoms with Crippen molar-refractivity contribution in [2.75, 3.05) is 37.7 Å². The Morgan fingerprint density at radius 1 is 1.12 bits per heavy atom. The Morgan fingerprint density at radius 3 is 2.86 bits per heavy atom. The molecule has 10 heteroatoms. The molecule has 2 fully saturated rings. The van der Waals surface area contributed by atoms with Crippen molar-refractivity contribution in [1.82, 2.24) is 15.3 Å². The van der Waals surface area contributed by atoms with Gasteiger partial charge in [-0.1, -0.05) is 12.0 Å². The number of phenolic OH excluding ortho intramolecular Hbond substituents is 1. The molecule has 0 unspecified atom stereocenters. The molecule has 4 heterocycles. The molecule has 7 nitrogen and oxygen atoms in total. The van der Waals surface area contributed by atoms with Crippen LogP contribution in [0.25, 0.3) is 32.8 Å². The first-order valence-corrected chi connectivity index (χ1v) is 14.7. The molecular formula is C33H31F3N4O3. The van der Waals surface area contributed by atoms with Crippen molar-refractivity contribution in [2.24, 2.45) is 5.92 Å². The average Bonchev–Trinajstić information content (AvgIpc) is 3.40. The molecule has 0 bridgehead atoms. The van der Waals surface area contributed by atoms with E-state index >= 15 is 4.39 Å². The summed E-state index contributed by atoms with van der Waals surface area (Å²) in [4.78, 5) is 11.4. The van der Waals surface area contributed by atoms with E-state index in [0.29, 0.717) is 47.3 Å². The largest absolute Gasteiger partial charge is 0.508 e. The summed E-state index contributed by atoms with van der Waals surface area (Å²) in [6.07, 6.45) is 8.59. The summed E-state index contributed by atoms with van der Waals surface area (Å²) in [6.45, 7) is 2.36. The number of hydrogen-bond acceptors (Lipinski definition) is 7. The molecule has 43 heavy (non-hydrogen) atoms. The average molecular weight is 589 g/mol. The standard InChI is InChI=1S/C33H31F3N4O3/c1-2-23-26(35)8-7-19-12-22(41)13-24(28(19)23)25-14-27-29-31(30(25)36)38-33(39-32(29)40-10-4-6-21(40)17-42-27)43-16-18-5-3-9-37-15-20(34)11-18/h1,7-8,12-14,18,20-21,37,41H,3-6,9-11,15-17H2/t18-,20-,21-/m1/s1. The Bertz CT molecular complexity index is 1780. The molecule has 0 aliphatic carbocycles. The number of nitrogens with zero attached hydrogens (tertiary/aromatic N) is 3. The van der Waals surface area contributed by atoms with Gasteiger partial charge in [-0.2, -0.15) is 9.97 Å². The van der Waals surface area contributed by atoms with Crippen LogP contribution in [0.2, 0.25) is 0 Å². The minimum Gasteiger partial charge on any atom is -0.508 e. The van der Waals surface area contributed by atoms with E-state index in [9.17, 15) is 13.9 Å². The number of anilines is 1. The molecule has 3 aliphatic heterocycles. The van der Waals surface area contributed by atoms with E-state index < -0.39 is 17.8 Å². The van der Waals surface area contributed by atoms with Crippen LogP contribution in [0.1, 0.15) is 37.7 Å². The van der Waals surface area contributed by atoms with Crippen LogP contribution < -0.4 is 19.7 Å². The normalized spacial score (nSPS) is 21.9. The number of nitrogens with one attached hydrogen (secondary N) is 1. The molecule has 4 aromatic rings. The summed E-state index contributed by atoms with van der Waals surface area (Å²) in [5, 5.41) is 14.8. The summed E-state index contributed by atoms with van der Waals surface area (Å²) in [5.41, 5.74) is 0.218. The summed E-state index contributed by atoms with van der Waals surface area (Å²) >= 11 is 0. The Morgan fingerprint density at radius 2 is 2.00 bits per heavy atom. The zero-order valence-corrected chi connectivity index (χ0v) is 23.5. The van der Waals surface area contributed by atoms with E-state index in [1.165, 1.54) is 24.3 Å². The molecular weight excluding hydrogens is 557 g/mol. The molecule has 0 amide bonds. The number of benzene rings is 3. The second kappa shape index (κ2) is 11.1. The molecule has 3 aliphatic rings. The highest BCUT2D eigenvalue weighted by Crippen LogP contribution is 2.46. The van der Waals surface area contributed by atoms with Gasteiger partial charge in [-0.25, -0.2) is 13.2 Å². The fraction of sp³-hybridized carbons (Fsp3) is 0.394. The molecule has 1 aromatic heterocycles. The van der Waals surface area contributed by atoms with Gasteiger partial charge in [0.05, 0.1) is 23.6 Å². The van der Waals surface area contributed by atoms with Crippen LogP contribution in [-0.2, 0) is 0 Å². The number of aromatic hydroxyl groups is 1. The number of halogens is 3. The highest BCUT2D eigenvalue weighted by Gasteiger charge is 2.34. The van der Waals surface area contributed by atoms with E-state index in [2.05, 4.69) is 21.1 Å². The van der Waals surface area contributed by atoms with Gasteiger partial charge in [0.15, 0.2) is 5.82 Å². The third-order valence-electron chi connectivity index (χ3n) is 8.77. The van der Waals surface area contributed by atoms with Crippen LogP contribution in [-0.4, -0.2) is 60.1 Å². The first-order chi connectivity index (χ1) is 20.9. The van der Waals surface area contributed by atoms with Gasteiger partial charge < -0.3 is 24.8 Å². The summed E-state index contributed by atoms with van der Waals surface area (Å²) < 4.78 is 58.3. The number of aromatic nitrogens is 2. The van der Waals surface area contributed by atoms with Crippen molar-refractivity contribution in [2.45, 2.75) is 44.3 Å². The minimum absolute atomic E-state index is 0.00349. The molecule has 3 atom stereocenters. The van der Waals surface area contributed by atoms with Crippen LogP contribution in [0.15, 0.2) is 30.3 Å². The zero-order valence-electron chi connectivity index (χ0n) is 23.5. The monoisotopic (exact) mass is 588 g/mol. The number of ether oxygens (including phenoxy) is 2. The van der Waals surface area contributed by atoms with Crippen LogP contribution in [0, 0.1) is 29.9 Å². The van der Waals surface area contributed by atoms with E-state index in [4.69, 9.17) is 20.9 Å². The van der Waals surface area contributed by atoms with Gasteiger partial charge in [0.2, 0.25) is 0 Å². The third kappa shape index (κ3) is 4.95. The third-order valence-corrected chi connectivity index (χ3v) is 8.77. The number of phenols is 1. The number of alkyl halides is 1. The molecule has 0 radical (unpaired) electrons. The maximum atomic E-state index is 16.8. The molecule has 3 aromatic carbocycles. The van der Waals surface area contributed by atoms with Crippen LogP contribution in [0.3, 0.4) is 0 Å². The Labute approximate surface area is 247 Å². The van der Waals surface area contributed by atoms with Crippen molar-refractivity contribution in [1.29, 1.82) is 0 Å². The van der Waals surface area contributed by atoms with Crippen molar-refractivity contribution >= 4 is 27.5 Å². The van der Waals surface area contributed by atoms with Crippen molar-refractivity contribution in [3.63, 3.8) is 0 Å².